The van der Waals surface area contributed by atoms with E-state index in [4.69, 9.17) is 17.3 Å². The Morgan fingerprint density at radius 1 is 1.30 bits per heavy atom. The molecule has 1 amide bonds. The molecule has 0 aromatic heterocycles. The summed E-state index contributed by atoms with van der Waals surface area (Å²) < 4.78 is 0. The maximum atomic E-state index is 11.4. The molecule has 1 heterocycles. The average molecular weight is 287 g/mol. The van der Waals surface area contributed by atoms with Gasteiger partial charge in [-0.2, -0.15) is 0 Å². The molecule has 2 aromatic carbocycles. The number of hydrogen-bond donors (Lipinski definition) is 2. The van der Waals surface area contributed by atoms with Gasteiger partial charge in [0.2, 0.25) is 5.91 Å². The van der Waals surface area contributed by atoms with Gasteiger partial charge in [0.25, 0.3) is 0 Å². The van der Waals surface area contributed by atoms with Crippen LogP contribution in [0.3, 0.4) is 0 Å². The van der Waals surface area contributed by atoms with E-state index >= 15 is 0 Å². The van der Waals surface area contributed by atoms with Crippen LogP contribution in [-0.4, -0.2) is 5.91 Å². The molecular formula is C16H15ClN2O. The third-order valence-electron chi connectivity index (χ3n) is 3.67. The van der Waals surface area contributed by atoms with Gasteiger partial charge in [-0.05, 0) is 35.2 Å². The molecular weight excluding hydrogens is 272 g/mol. The number of hydrogen-bond acceptors (Lipinski definition) is 2. The fourth-order valence-electron chi connectivity index (χ4n) is 2.53. The van der Waals surface area contributed by atoms with Crippen molar-refractivity contribution in [1.82, 2.24) is 0 Å². The molecule has 0 bridgehead atoms. The summed E-state index contributed by atoms with van der Waals surface area (Å²) in [5.74, 6) is 0.0271. The quantitative estimate of drug-likeness (QED) is 0.891. The molecule has 0 saturated heterocycles. The number of rotatable bonds is 2. The van der Waals surface area contributed by atoms with Crippen LogP contribution >= 0.6 is 11.6 Å². The second-order valence-corrected chi connectivity index (χ2v) is 5.48. The van der Waals surface area contributed by atoms with Crippen LogP contribution in [0.25, 0.3) is 0 Å². The fraction of sp³-hybridized carbons (Fsp3) is 0.188. The number of carbonyl (C=O) groups excluding carboxylic acids is 1. The van der Waals surface area contributed by atoms with E-state index in [2.05, 4.69) is 5.32 Å². The van der Waals surface area contributed by atoms with Gasteiger partial charge in [0.15, 0.2) is 0 Å². The van der Waals surface area contributed by atoms with Crippen LogP contribution in [0.1, 0.15) is 28.3 Å². The molecule has 1 aliphatic rings. The number of benzene rings is 2. The van der Waals surface area contributed by atoms with Crippen molar-refractivity contribution < 1.29 is 4.79 Å². The summed E-state index contributed by atoms with van der Waals surface area (Å²) in [6.45, 7) is 1.96. The second kappa shape index (κ2) is 4.93. The van der Waals surface area contributed by atoms with Crippen molar-refractivity contribution in [2.45, 2.75) is 19.4 Å². The van der Waals surface area contributed by atoms with E-state index in [1.807, 2.05) is 43.3 Å². The zero-order valence-corrected chi connectivity index (χ0v) is 11.9. The van der Waals surface area contributed by atoms with Gasteiger partial charge in [0.05, 0.1) is 12.5 Å². The highest BCUT2D eigenvalue weighted by molar-refractivity contribution is 6.32. The van der Waals surface area contributed by atoms with E-state index in [1.165, 1.54) is 0 Å². The highest BCUT2D eigenvalue weighted by atomic mass is 35.5. The first-order chi connectivity index (χ1) is 9.56. The lowest BCUT2D eigenvalue weighted by molar-refractivity contribution is -0.115. The van der Waals surface area contributed by atoms with E-state index in [0.29, 0.717) is 11.4 Å². The summed E-state index contributed by atoms with van der Waals surface area (Å²) in [5.41, 5.74) is 11.1. The normalized spacial score (nSPS) is 14.8. The first-order valence-corrected chi connectivity index (χ1v) is 6.87. The van der Waals surface area contributed by atoms with Crippen LogP contribution in [-0.2, 0) is 11.2 Å². The van der Waals surface area contributed by atoms with Crippen molar-refractivity contribution >= 4 is 23.2 Å². The van der Waals surface area contributed by atoms with E-state index < -0.39 is 0 Å². The van der Waals surface area contributed by atoms with Gasteiger partial charge in [-0.25, -0.2) is 0 Å². The number of anilines is 1. The number of aryl methyl sites for hydroxylation is 1. The molecule has 102 valence electrons. The Labute approximate surface area is 122 Å². The van der Waals surface area contributed by atoms with Gasteiger partial charge in [-0.15, -0.1) is 0 Å². The number of nitrogens with one attached hydrogen (secondary N) is 1. The summed E-state index contributed by atoms with van der Waals surface area (Å²) in [6.07, 6.45) is 0.414. The molecule has 20 heavy (non-hydrogen) atoms. The van der Waals surface area contributed by atoms with Crippen LogP contribution in [0.5, 0.6) is 0 Å². The molecule has 1 unspecified atom stereocenters. The molecule has 2 aromatic rings. The molecule has 3 nitrogen and oxygen atoms in total. The minimum atomic E-state index is -0.289. The summed E-state index contributed by atoms with van der Waals surface area (Å²) in [7, 11) is 0. The Kier molecular flexibility index (Phi) is 3.24. The van der Waals surface area contributed by atoms with E-state index in [1.54, 1.807) is 0 Å². The maximum absolute atomic E-state index is 11.4. The molecule has 0 fully saturated rings. The van der Waals surface area contributed by atoms with Gasteiger partial charge in [0, 0.05) is 10.7 Å². The van der Waals surface area contributed by atoms with E-state index in [0.717, 1.165) is 27.9 Å². The van der Waals surface area contributed by atoms with Crippen molar-refractivity contribution in [3.63, 3.8) is 0 Å². The standard InChI is InChI=1S/C16H15ClN2O/c1-9-3-2-4-12(15(9)17)16(18)10-5-6-13-11(7-10)8-14(20)19-13/h2-7,16H,8,18H2,1H3,(H,19,20). The molecule has 0 saturated carbocycles. The van der Waals surface area contributed by atoms with Crippen molar-refractivity contribution in [1.29, 1.82) is 0 Å². The number of nitrogens with two attached hydrogens (primary N) is 1. The Morgan fingerprint density at radius 2 is 2.10 bits per heavy atom. The van der Waals surface area contributed by atoms with Crippen molar-refractivity contribution in [3.05, 3.63) is 63.7 Å². The highest BCUT2D eigenvalue weighted by Gasteiger charge is 2.20. The topological polar surface area (TPSA) is 55.1 Å². The van der Waals surface area contributed by atoms with Gasteiger partial charge in [-0.3, -0.25) is 4.79 Å². The molecule has 1 atom stereocenters. The third-order valence-corrected chi connectivity index (χ3v) is 4.19. The number of amides is 1. The predicted molar refractivity (Wildman–Crippen MR) is 81.0 cm³/mol. The monoisotopic (exact) mass is 286 g/mol. The van der Waals surface area contributed by atoms with Crippen molar-refractivity contribution in [2.24, 2.45) is 5.73 Å². The summed E-state index contributed by atoms with van der Waals surface area (Å²) in [6, 6.07) is 11.4. The van der Waals surface area contributed by atoms with Crippen LogP contribution in [0, 0.1) is 6.92 Å². The van der Waals surface area contributed by atoms with Gasteiger partial charge in [-0.1, -0.05) is 41.9 Å². The van der Waals surface area contributed by atoms with E-state index in [-0.39, 0.29) is 11.9 Å². The molecule has 0 aliphatic carbocycles. The lowest BCUT2D eigenvalue weighted by Crippen LogP contribution is -2.13. The van der Waals surface area contributed by atoms with Crippen LogP contribution in [0.4, 0.5) is 5.69 Å². The molecule has 4 heteroatoms. The minimum Gasteiger partial charge on any atom is -0.326 e. The highest BCUT2D eigenvalue weighted by Crippen LogP contribution is 2.32. The fourth-order valence-corrected chi connectivity index (χ4v) is 2.78. The summed E-state index contributed by atoms with van der Waals surface area (Å²) in [5, 5.41) is 3.52. The second-order valence-electron chi connectivity index (χ2n) is 5.10. The Hall–Kier alpha value is -1.84. The van der Waals surface area contributed by atoms with Gasteiger partial charge < -0.3 is 11.1 Å². The van der Waals surface area contributed by atoms with Crippen LogP contribution in [0.15, 0.2) is 36.4 Å². The van der Waals surface area contributed by atoms with Crippen molar-refractivity contribution in [3.8, 4) is 0 Å². The lowest BCUT2D eigenvalue weighted by Gasteiger charge is -2.16. The Balaban J connectivity index is 1.99. The molecule has 0 radical (unpaired) electrons. The predicted octanol–water partition coefficient (Wildman–Crippen LogP) is 3.19. The first kappa shape index (κ1) is 13.2. The molecule has 3 rings (SSSR count). The SMILES string of the molecule is Cc1cccc(C(N)c2ccc3c(c2)CC(=O)N3)c1Cl. The number of halogens is 1. The number of fused-ring (bicyclic) bond motifs is 1. The third kappa shape index (κ3) is 2.19. The largest absolute Gasteiger partial charge is 0.326 e. The maximum Gasteiger partial charge on any atom is 0.228 e. The summed E-state index contributed by atoms with van der Waals surface area (Å²) >= 11 is 6.33. The minimum absolute atomic E-state index is 0.0271. The number of carbonyl (C=O) groups is 1. The van der Waals surface area contributed by atoms with Crippen molar-refractivity contribution in [2.75, 3.05) is 5.32 Å². The molecule has 3 N–H and O–H groups in total. The molecule has 0 spiro atoms. The average Bonchev–Trinajstić information content (AvgIpc) is 2.80. The van der Waals surface area contributed by atoms with Crippen LogP contribution in [0.2, 0.25) is 5.02 Å². The van der Waals surface area contributed by atoms with Gasteiger partial charge in [0.1, 0.15) is 0 Å². The zero-order chi connectivity index (χ0) is 14.3. The Morgan fingerprint density at radius 3 is 2.90 bits per heavy atom. The first-order valence-electron chi connectivity index (χ1n) is 6.49. The molecule has 1 aliphatic heterocycles. The van der Waals surface area contributed by atoms with Gasteiger partial charge >= 0.3 is 0 Å². The lowest BCUT2D eigenvalue weighted by atomic mass is 9.96. The zero-order valence-electron chi connectivity index (χ0n) is 11.1. The summed E-state index contributed by atoms with van der Waals surface area (Å²) in [4.78, 5) is 11.4. The van der Waals surface area contributed by atoms with E-state index in [9.17, 15) is 4.79 Å². The Bertz CT molecular complexity index is 697. The van der Waals surface area contributed by atoms with Crippen LogP contribution < -0.4 is 11.1 Å². The smallest absolute Gasteiger partial charge is 0.228 e.